The highest BCUT2D eigenvalue weighted by molar-refractivity contribution is 5.93. The Kier molecular flexibility index (Phi) is 5.29. The van der Waals surface area contributed by atoms with E-state index < -0.39 is 29.7 Å². The number of aromatic nitrogens is 3. The number of H-pyrrole nitrogens is 1. The summed E-state index contributed by atoms with van der Waals surface area (Å²) in [6, 6.07) is 3.28. The highest BCUT2D eigenvalue weighted by Crippen LogP contribution is 2.27. The van der Waals surface area contributed by atoms with Gasteiger partial charge in [0.25, 0.3) is 11.5 Å². The van der Waals surface area contributed by atoms with Crippen molar-refractivity contribution < 1.29 is 14.6 Å². The standard InChI is InChI=1S/C17H20N4O5/c1-2-10-9-21(17(25)20-16(10)24)14-6-12(22)13(26-14)8-19-15(23)11-4-3-5-18-7-11/h3-5,7,9,12-14,22H,2,6,8H2,1H3,(H,19,23)(H,20,24,25)/t12?,13-,14-/m0/s1. The van der Waals surface area contributed by atoms with Crippen molar-refractivity contribution in [3.63, 3.8) is 0 Å². The minimum atomic E-state index is -0.849. The molecule has 3 heterocycles. The van der Waals surface area contributed by atoms with Gasteiger partial charge in [-0.2, -0.15) is 0 Å². The van der Waals surface area contributed by atoms with Crippen LogP contribution in [0.15, 0.2) is 40.3 Å². The highest BCUT2D eigenvalue weighted by Gasteiger charge is 2.35. The first-order chi connectivity index (χ1) is 12.5. The number of nitrogens with one attached hydrogen (secondary N) is 2. The molecule has 0 saturated carbocycles. The van der Waals surface area contributed by atoms with E-state index in [9.17, 15) is 19.5 Å². The second-order valence-electron chi connectivity index (χ2n) is 6.06. The molecule has 1 fully saturated rings. The average molecular weight is 360 g/mol. The van der Waals surface area contributed by atoms with E-state index in [2.05, 4.69) is 15.3 Å². The fraction of sp³-hybridized carbons (Fsp3) is 0.412. The van der Waals surface area contributed by atoms with Gasteiger partial charge in [-0.25, -0.2) is 4.79 Å². The summed E-state index contributed by atoms with van der Waals surface area (Å²) >= 11 is 0. The molecular weight excluding hydrogens is 340 g/mol. The number of pyridine rings is 1. The molecule has 3 rings (SSSR count). The van der Waals surface area contributed by atoms with Crippen LogP contribution in [0.5, 0.6) is 0 Å². The van der Waals surface area contributed by atoms with E-state index in [0.717, 1.165) is 0 Å². The Hall–Kier alpha value is -2.78. The zero-order valence-electron chi connectivity index (χ0n) is 14.2. The maximum absolute atomic E-state index is 12.1. The number of nitrogens with zero attached hydrogens (tertiary/aromatic N) is 2. The number of rotatable bonds is 5. The molecule has 0 bridgehead atoms. The van der Waals surface area contributed by atoms with Gasteiger partial charge in [0.05, 0.1) is 11.7 Å². The second-order valence-corrected chi connectivity index (χ2v) is 6.06. The van der Waals surface area contributed by atoms with Crippen LogP contribution in [-0.2, 0) is 11.2 Å². The molecule has 2 aromatic rings. The number of hydrogen-bond donors (Lipinski definition) is 3. The summed E-state index contributed by atoms with van der Waals surface area (Å²) in [6.07, 6.45) is 2.89. The van der Waals surface area contributed by atoms with Crippen molar-refractivity contribution >= 4 is 5.91 Å². The average Bonchev–Trinajstić information content (AvgIpc) is 3.01. The summed E-state index contributed by atoms with van der Waals surface area (Å²) in [5.41, 5.74) is -0.158. The Balaban J connectivity index is 1.67. The van der Waals surface area contributed by atoms with E-state index in [1.165, 1.54) is 17.0 Å². The first kappa shape index (κ1) is 18.0. The van der Waals surface area contributed by atoms with E-state index in [1.807, 2.05) is 0 Å². The minimum absolute atomic E-state index is 0.0874. The monoisotopic (exact) mass is 360 g/mol. The molecule has 9 nitrogen and oxygen atoms in total. The Morgan fingerprint density at radius 3 is 3.00 bits per heavy atom. The van der Waals surface area contributed by atoms with Crippen LogP contribution in [0.4, 0.5) is 0 Å². The van der Waals surface area contributed by atoms with Crippen molar-refractivity contribution in [2.75, 3.05) is 6.54 Å². The molecule has 2 aromatic heterocycles. The maximum Gasteiger partial charge on any atom is 0.330 e. The van der Waals surface area contributed by atoms with Crippen LogP contribution < -0.4 is 16.6 Å². The Morgan fingerprint density at radius 2 is 2.31 bits per heavy atom. The van der Waals surface area contributed by atoms with Crippen molar-refractivity contribution in [2.24, 2.45) is 0 Å². The first-order valence-corrected chi connectivity index (χ1v) is 8.35. The fourth-order valence-corrected chi connectivity index (χ4v) is 2.85. The molecule has 3 N–H and O–H groups in total. The Bertz CT molecular complexity index is 892. The van der Waals surface area contributed by atoms with Gasteiger partial charge < -0.3 is 15.2 Å². The lowest BCUT2D eigenvalue weighted by atomic mass is 10.1. The predicted octanol–water partition coefficient (Wildman–Crippen LogP) is -0.428. The number of hydrogen-bond acceptors (Lipinski definition) is 6. The summed E-state index contributed by atoms with van der Waals surface area (Å²) < 4.78 is 7.00. The largest absolute Gasteiger partial charge is 0.390 e. The van der Waals surface area contributed by atoms with E-state index in [1.54, 1.807) is 25.3 Å². The smallest absolute Gasteiger partial charge is 0.330 e. The van der Waals surface area contributed by atoms with Crippen LogP contribution >= 0.6 is 0 Å². The van der Waals surface area contributed by atoms with Gasteiger partial charge in [0.15, 0.2) is 0 Å². The van der Waals surface area contributed by atoms with E-state index >= 15 is 0 Å². The summed E-state index contributed by atoms with van der Waals surface area (Å²) in [4.78, 5) is 41.9. The molecule has 0 radical (unpaired) electrons. The Labute approximate surface area is 148 Å². The van der Waals surface area contributed by atoms with Crippen LogP contribution in [0.1, 0.15) is 35.5 Å². The number of carbonyl (C=O) groups excluding carboxylic acids is 1. The van der Waals surface area contributed by atoms with Crippen LogP contribution in [-0.4, -0.2) is 44.3 Å². The summed E-state index contributed by atoms with van der Waals surface area (Å²) in [6.45, 7) is 1.89. The molecule has 1 aliphatic rings. The van der Waals surface area contributed by atoms with Crippen molar-refractivity contribution in [1.82, 2.24) is 19.9 Å². The van der Waals surface area contributed by atoms with Crippen LogP contribution in [0, 0.1) is 0 Å². The number of ether oxygens (including phenoxy) is 1. The van der Waals surface area contributed by atoms with Crippen molar-refractivity contribution in [2.45, 2.75) is 38.2 Å². The number of aryl methyl sites for hydroxylation is 1. The maximum atomic E-state index is 12.1. The topological polar surface area (TPSA) is 126 Å². The molecule has 1 amide bonds. The predicted molar refractivity (Wildman–Crippen MR) is 91.8 cm³/mol. The molecule has 9 heteroatoms. The number of aliphatic hydroxyl groups is 1. The van der Waals surface area contributed by atoms with Gasteiger partial charge >= 0.3 is 5.69 Å². The van der Waals surface area contributed by atoms with E-state index in [4.69, 9.17) is 4.74 Å². The third kappa shape index (κ3) is 3.73. The molecule has 1 saturated heterocycles. The third-order valence-corrected chi connectivity index (χ3v) is 4.32. The molecule has 26 heavy (non-hydrogen) atoms. The van der Waals surface area contributed by atoms with Crippen LogP contribution in [0.3, 0.4) is 0 Å². The molecule has 3 atom stereocenters. The van der Waals surface area contributed by atoms with Gasteiger partial charge in [-0.1, -0.05) is 6.92 Å². The Morgan fingerprint density at radius 1 is 1.50 bits per heavy atom. The third-order valence-electron chi connectivity index (χ3n) is 4.32. The highest BCUT2D eigenvalue weighted by atomic mass is 16.5. The molecule has 138 valence electrons. The van der Waals surface area contributed by atoms with Crippen molar-refractivity contribution in [1.29, 1.82) is 0 Å². The molecule has 1 unspecified atom stereocenters. The second kappa shape index (κ2) is 7.63. The normalized spacial score (nSPS) is 22.3. The van der Waals surface area contributed by atoms with Gasteiger partial charge in [0, 0.05) is 37.1 Å². The SMILES string of the molecule is CCc1cn([C@@H]2CC(O)[C@H](CNC(=O)c3cccnc3)O2)c(=O)[nH]c1=O. The summed E-state index contributed by atoms with van der Waals surface area (Å²) in [5.74, 6) is -0.327. The molecule has 0 spiro atoms. The van der Waals surface area contributed by atoms with Crippen LogP contribution in [0.2, 0.25) is 0 Å². The van der Waals surface area contributed by atoms with Crippen molar-refractivity contribution in [3.8, 4) is 0 Å². The quantitative estimate of drug-likeness (QED) is 0.664. The molecule has 1 aliphatic heterocycles. The van der Waals surface area contributed by atoms with Crippen LogP contribution in [0.25, 0.3) is 0 Å². The number of amides is 1. The zero-order valence-corrected chi connectivity index (χ0v) is 14.2. The van der Waals surface area contributed by atoms with Gasteiger partial charge in [0.2, 0.25) is 0 Å². The number of aromatic amines is 1. The first-order valence-electron chi connectivity index (χ1n) is 8.35. The lowest BCUT2D eigenvalue weighted by Crippen LogP contribution is -2.37. The van der Waals surface area contributed by atoms with Crippen molar-refractivity contribution in [3.05, 3.63) is 62.7 Å². The zero-order chi connectivity index (χ0) is 18.7. The molecule has 0 aliphatic carbocycles. The van der Waals surface area contributed by atoms with Gasteiger partial charge in [-0.15, -0.1) is 0 Å². The van der Waals surface area contributed by atoms with Gasteiger partial charge in [-0.05, 0) is 18.6 Å². The number of aliphatic hydroxyl groups excluding tert-OH is 1. The van der Waals surface area contributed by atoms with E-state index in [-0.39, 0.29) is 18.9 Å². The van der Waals surface area contributed by atoms with E-state index in [0.29, 0.717) is 17.5 Å². The number of carbonyl (C=O) groups is 1. The molecular formula is C17H20N4O5. The summed E-state index contributed by atoms with van der Waals surface area (Å²) in [7, 11) is 0. The molecule has 0 aromatic carbocycles. The lowest BCUT2D eigenvalue weighted by molar-refractivity contribution is -0.0187. The fourth-order valence-electron chi connectivity index (χ4n) is 2.85. The minimum Gasteiger partial charge on any atom is -0.390 e. The van der Waals surface area contributed by atoms with Gasteiger partial charge in [0.1, 0.15) is 12.3 Å². The lowest BCUT2D eigenvalue weighted by Gasteiger charge is -2.17. The van der Waals surface area contributed by atoms with Gasteiger partial charge in [-0.3, -0.25) is 24.1 Å². The summed E-state index contributed by atoms with van der Waals surface area (Å²) in [5, 5.41) is 12.9.